The molecule has 2 saturated heterocycles. The highest BCUT2D eigenvalue weighted by Crippen LogP contribution is 2.34. The van der Waals surface area contributed by atoms with Crippen LogP contribution in [0.1, 0.15) is 46.0 Å². The molecule has 0 unspecified atom stereocenters. The molecule has 2 heterocycles. The van der Waals surface area contributed by atoms with Gasteiger partial charge in [0.1, 0.15) is 0 Å². The van der Waals surface area contributed by atoms with Gasteiger partial charge in [0.2, 0.25) is 0 Å². The van der Waals surface area contributed by atoms with Gasteiger partial charge in [-0.3, -0.25) is 0 Å². The molecule has 0 aromatic rings. The summed E-state index contributed by atoms with van der Waals surface area (Å²) in [6.07, 6.45) is 7.03. The van der Waals surface area contributed by atoms with Crippen molar-refractivity contribution in [3.05, 3.63) is 0 Å². The first-order valence-electron chi connectivity index (χ1n) is 7.83. The Kier molecular flexibility index (Phi) is 5.46. The Morgan fingerprint density at radius 2 is 1.83 bits per heavy atom. The monoisotopic (exact) mass is 254 g/mol. The fourth-order valence-corrected chi connectivity index (χ4v) is 3.52. The average molecular weight is 254 g/mol. The smallest absolute Gasteiger partial charge is 0.0599 e. The van der Waals surface area contributed by atoms with Crippen molar-refractivity contribution in [2.75, 3.05) is 39.3 Å². The van der Waals surface area contributed by atoms with Gasteiger partial charge in [0.05, 0.1) is 6.10 Å². The lowest BCUT2D eigenvalue weighted by Crippen LogP contribution is -2.47. The summed E-state index contributed by atoms with van der Waals surface area (Å²) in [6.45, 7) is 11.6. The highest BCUT2D eigenvalue weighted by atomic mass is 16.5. The molecule has 18 heavy (non-hydrogen) atoms. The lowest BCUT2D eigenvalue weighted by molar-refractivity contribution is -0.000432. The van der Waals surface area contributed by atoms with E-state index in [1.807, 2.05) is 0 Å². The van der Waals surface area contributed by atoms with Gasteiger partial charge in [0, 0.05) is 26.2 Å². The number of hydrogen-bond donors (Lipinski definition) is 1. The Morgan fingerprint density at radius 1 is 1.17 bits per heavy atom. The fraction of sp³-hybridized carbons (Fsp3) is 1.00. The van der Waals surface area contributed by atoms with E-state index < -0.39 is 0 Å². The van der Waals surface area contributed by atoms with E-state index in [4.69, 9.17) is 4.74 Å². The maximum absolute atomic E-state index is 5.74. The van der Waals surface area contributed by atoms with Crippen molar-refractivity contribution in [3.63, 3.8) is 0 Å². The van der Waals surface area contributed by atoms with E-state index in [9.17, 15) is 0 Å². The first-order valence-corrected chi connectivity index (χ1v) is 7.83. The summed E-state index contributed by atoms with van der Waals surface area (Å²) >= 11 is 0. The van der Waals surface area contributed by atoms with Gasteiger partial charge >= 0.3 is 0 Å². The number of nitrogens with one attached hydrogen (secondary N) is 1. The van der Waals surface area contributed by atoms with E-state index in [-0.39, 0.29) is 0 Å². The molecule has 0 spiro atoms. The maximum atomic E-state index is 5.74. The van der Waals surface area contributed by atoms with E-state index in [1.165, 1.54) is 64.8 Å². The molecular weight excluding hydrogens is 224 g/mol. The molecule has 0 aromatic carbocycles. The van der Waals surface area contributed by atoms with Crippen LogP contribution < -0.4 is 5.32 Å². The SMILES string of the molecule is CCOC1CCN(CC2(CC)CCNCC2)CC1. The van der Waals surface area contributed by atoms with E-state index in [2.05, 4.69) is 24.1 Å². The van der Waals surface area contributed by atoms with Crippen LogP contribution in [0.4, 0.5) is 0 Å². The predicted octanol–water partition coefficient (Wildman–Crippen LogP) is 2.27. The molecule has 3 nitrogen and oxygen atoms in total. The Labute approximate surface area is 112 Å². The quantitative estimate of drug-likeness (QED) is 0.814. The molecule has 2 aliphatic heterocycles. The van der Waals surface area contributed by atoms with Crippen molar-refractivity contribution in [2.45, 2.75) is 52.1 Å². The number of ether oxygens (including phenoxy) is 1. The minimum Gasteiger partial charge on any atom is -0.378 e. The van der Waals surface area contributed by atoms with Crippen LogP contribution in [0.2, 0.25) is 0 Å². The molecule has 0 amide bonds. The molecule has 0 bridgehead atoms. The van der Waals surface area contributed by atoms with Crippen molar-refractivity contribution in [1.82, 2.24) is 10.2 Å². The molecule has 0 aromatic heterocycles. The summed E-state index contributed by atoms with van der Waals surface area (Å²) < 4.78 is 5.74. The van der Waals surface area contributed by atoms with Crippen molar-refractivity contribution < 1.29 is 4.74 Å². The molecule has 2 aliphatic rings. The van der Waals surface area contributed by atoms with Crippen molar-refractivity contribution >= 4 is 0 Å². The lowest BCUT2D eigenvalue weighted by atomic mass is 9.76. The maximum Gasteiger partial charge on any atom is 0.0599 e. The second-order valence-electron chi connectivity index (χ2n) is 6.03. The zero-order valence-electron chi connectivity index (χ0n) is 12.2. The standard InChI is InChI=1S/C15H30N2O/c1-3-15(7-9-16-10-8-15)13-17-11-5-14(6-12-17)18-4-2/h14,16H,3-13H2,1-2H3. The molecular formula is C15H30N2O. The number of likely N-dealkylation sites (tertiary alicyclic amines) is 1. The third-order valence-electron chi connectivity index (χ3n) is 4.91. The van der Waals surface area contributed by atoms with Crippen LogP contribution in [-0.2, 0) is 4.74 Å². The van der Waals surface area contributed by atoms with Gasteiger partial charge in [-0.1, -0.05) is 6.92 Å². The summed E-state index contributed by atoms with van der Waals surface area (Å²) in [5.74, 6) is 0. The highest BCUT2D eigenvalue weighted by Gasteiger charge is 2.33. The summed E-state index contributed by atoms with van der Waals surface area (Å²) in [5.41, 5.74) is 0.587. The molecule has 2 fully saturated rings. The van der Waals surface area contributed by atoms with Gasteiger partial charge in [-0.15, -0.1) is 0 Å². The van der Waals surface area contributed by atoms with Gasteiger partial charge in [0.15, 0.2) is 0 Å². The summed E-state index contributed by atoms with van der Waals surface area (Å²) in [5, 5.41) is 3.50. The van der Waals surface area contributed by atoms with Crippen LogP contribution in [0.5, 0.6) is 0 Å². The predicted molar refractivity (Wildman–Crippen MR) is 75.9 cm³/mol. The second-order valence-corrected chi connectivity index (χ2v) is 6.03. The Hall–Kier alpha value is -0.120. The van der Waals surface area contributed by atoms with Crippen molar-refractivity contribution in [3.8, 4) is 0 Å². The number of nitrogens with zero attached hydrogens (tertiary/aromatic N) is 1. The van der Waals surface area contributed by atoms with E-state index in [0.717, 1.165) is 6.61 Å². The second kappa shape index (κ2) is 6.88. The largest absolute Gasteiger partial charge is 0.378 e. The minimum absolute atomic E-state index is 0.525. The zero-order valence-corrected chi connectivity index (χ0v) is 12.2. The van der Waals surface area contributed by atoms with Crippen LogP contribution in [0, 0.1) is 5.41 Å². The van der Waals surface area contributed by atoms with Crippen molar-refractivity contribution in [2.24, 2.45) is 5.41 Å². The highest BCUT2D eigenvalue weighted by molar-refractivity contribution is 4.87. The number of piperidine rings is 2. The van der Waals surface area contributed by atoms with Crippen LogP contribution in [0.15, 0.2) is 0 Å². The molecule has 0 saturated carbocycles. The van der Waals surface area contributed by atoms with Gasteiger partial charge in [-0.25, -0.2) is 0 Å². The lowest BCUT2D eigenvalue weighted by Gasteiger charge is -2.43. The molecule has 0 radical (unpaired) electrons. The van der Waals surface area contributed by atoms with Crippen LogP contribution in [0.3, 0.4) is 0 Å². The normalized spacial score (nSPS) is 26.3. The van der Waals surface area contributed by atoms with Gasteiger partial charge in [0.25, 0.3) is 0 Å². The molecule has 0 atom stereocenters. The first kappa shape index (κ1) is 14.3. The Bertz CT molecular complexity index is 231. The van der Waals surface area contributed by atoms with Gasteiger partial charge in [-0.2, -0.15) is 0 Å². The van der Waals surface area contributed by atoms with Gasteiger partial charge in [-0.05, 0) is 57.5 Å². The zero-order chi connectivity index (χ0) is 12.8. The number of hydrogen-bond acceptors (Lipinski definition) is 3. The van der Waals surface area contributed by atoms with Crippen LogP contribution in [0.25, 0.3) is 0 Å². The molecule has 0 aliphatic carbocycles. The Morgan fingerprint density at radius 3 is 2.39 bits per heavy atom. The first-order chi connectivity index (χ1) is 8.78. The third-order valence-corrected chi connectivity index (χ3v) is 4.91. The number of rotatable bonds is 5. The summed E-state index contributed by atoms with van der Waals surface area (Å²) in [7, 11) is 0. The van der Waals surface area contributed by atoms with E-state index in [0.29, 0.717) is 11.5 Å². The topological polar surface area (TPSA) is 24.5 Å². The molecule has 106 valence electrons. The van der Waals surface area contributed by atoms with Crippen molar-refractivity contribution in [1.29, 1.82) is 0 Å². The summed E-state index contributed by atoms with van der Waals surface area (Å²) in [4.78, 5) is 2.68. The minimum atomic E-state index is 0.525. The third kappa shape index (κ3) is 3.69. The fourth-order valence-electron chi connectivity index (χ4n) is 3.52. The molecule has 2 rings (SSSR count). The van der Waals surface area contributed by atoms with Crippen LogP contribution in [-0.4, -0.2) is 50.3 Å². The average Bonchev–Trinajstić information content (AvgIpc) is 2.42. The summed E-state index contributed by atoms with van der Waals surface area (Å²) in [6, 6.07) is 0. The molecule has 3 heteroatoms. The van der Waals surface area contributed by atoms with Crippen LogP contribution >= 0.6 is 0 Å². The van der Waals surface area contributed by atoms with Gasteiger partial charge < -0.3 is 15.0 Å². The van der Waals surface area contributed by atoms with E-state index >= 15 is 0 Å². The molecule has 1 N–H and O–H groups in total. The Balaban J connectivity index is 1.79. The van der Waals surface area contributed by atoms with E-state index in [1.54, 1.807) is 0 Å².